The summed E-state index contributed by atoms with van der Waals surface area (Å²) in [4.78, 5) is 8.60. The van der Waals surface area contributed by atoms with E-state index in [1.165, 1.54) is 11.1 Å². The molecule has 0 bridgehead atoms. The molecule has 0 amide bonds. The van der Waals surface area contributed by atoms with Gasteiger partial charge in [-0.15, -0.1) is 11.8 Å². The molecule has 1 aromatic carbocycles. The van der Waals surface area contributed by atoms with Gasteiger partial charge in [0.2, 0.25) is 0 Å². The molecular formula is C15H15N3S. The Bertz CT molecular complexity index is 644. The van der Waals surface area contributed by atoms with E-state index in [0.717, 1.165) is 16.5 Å². The topological polar surface area (TPSA) is 49.6 Å². The van der Waals surface area contributed by atoms with Crippen molar-refractivity contribution >= 4 is 11.8 Å². The minimum Gasteiger partial charge on any atom is -0.237 e. The molecule has 0 unspecified atom stereocenters. The van der Waals surface area contributed by atoms with Gasteiger partial charge < -0.3 is 0 Å². The monoisotopic (exact) mass is 269 g/mol. The number of aryl methyl sites for hydroxylation is 3. The highest BCUT2D eigenvalue weighted by molar-refractivity contribution is 7.98. The predicted molar refractivity (Wildman–Crippen MR) is 77.0 cm³/mol. The fourth-order valence-corrected chi connectivity index (χ4v) is 2.89. The summed E-state index contributed by atoms with van der Waals surface area (Å²) in [6.07, 6.45) is 0. The maximum absolute atomic E-state index is 9.19. The number of nitrogens with zero attached hydrogens (tertiary/aromatic N) is 3. The van der Waals surface area contributed by atoms with Gasteiger partial charge in [0.15, 0.2) is 0 Å². The van der Waals surface area contributed by atoms with Crippen molar-refractivity contribution in [2.75, 3.05) is 0 Å². The lowest BCUT2D eigenvalue weighted by Crippen LogP contribution is -1.99. The lowest BCUT2D eigenvalue weighted by Gasteiger charge is -2.07. The van der Waals surface area contributed by atoms with E-state index in [-0.39, 0.29) is 0 Å². The second-order valence-electron chi connectivity index (χ2n) is 4.43. The Balaban J connectivity index is 2.22. The maximum atomic E-state index is 9.19. The second kappa shape index (κ2) is 5.85. The van der Waals surface area contributed by atoms with E-state index in [0.29, 0.717) is 11.4 Å². The van der Waals surface area contributed by atoms with Gasteiger partial charge in [-0.25, -0.2) is 9.97 Å². The van der Waals surface area contributed by atoms with Crippen molar-refractivity contribution in [3.8, 4) is 6.07 Å². The van der Waals surface area contributed by atoms with Crippen molar-refractivity contribution in [3.63, 3.8) is 0 Å². The molecule has 0 fully saturated rings. The Morgan fingerprint density at radius 2 is 2.00 bits per heavy atom. The third-order valence-corrected chi connectivity index (χ3v) is 3.78. The summed E-state index contributed by atoms with van der Waals surface area (Å²) in [6, 6.07) is 10.6. The minimum atomic E-state index is 0.586. The predicted octanol–water partition coefficient (Wildman–Crippen LogP) is 3.57. The fraction of sp³-hybridized carbons (Fsp3) is 0.267. The van der Waals surface area contributed by atoms with Gasteiger partial charge in [-0.05, 0) is 26.3 Å². The molecule has 0 aliphatic heterocycles. The average molecular weight is 269 g/mol. The number of rotatable bonds is 3. The maximum Gasteiger partial charge on any atom is 0.126 e. The first-order valence-electron chi connectivity index (χ1n) is 6.04. The molecular weight excluding hydrogens is 254 g/mol. The van der Waals surface area contributed by atoms with Crippen LogP contribution in [-0.2, 0) is 5.75 Å². The van der Waals surface area contributed by atoms with Gasteiger partial charge in [0.1, 0.15) is 22.5 Å². The third kappa shape index (κ3) is 3.33. The number of thioether (sulfide) groups is 1. The van der Waals surface area contributed by atoms with Crippen molar-refractivity contribution in [2.45, 2.75) is 31.6 Å². The zero-order valence-electron chi connectivity index (χ0n) is 11.3. The van der Waals surface area contributed by atoms with E-state index in [4.69, 9.17) is 0 Å². The van der Waals surface area contributed by atoms with Crippen LogP contribution in [0.25, 0.3) is 0 Å². The van der Waals surface area contributed by atoms with Gasteiger partial charge in [-0.1, -0.05) is 29.8 Å². The smallest absolute Gasteiger partial charge is 0.126 e. The number of hydrogen-bond donors (Lipinski definition) is 0. The minimum absolute atomic E-state index is 0.586. The molecule has 0 atom stereocenters. The number of benzene rings is 1. The van der Waals surface area contributed by atoms with Crippen molar-refractivity contribution in [1.29, 1.82) is 5.26 Å². The van der Waals surface area contributed by atoms with E-state index in [1.54, 1.807) is 11.8 Å². The lowest BCUT2D eigenvalue weighted by molar-refractivity contribution is 0.923. The lowest BCUT2D eigenvalue weighted by atomic mass is 10.2. The molecule has 0 aliphatic carbocycles. The highest BCUT2D eigenvalue weighted by Gasteiger charge is 2.10. The standard InChI is InChI=1S/C15H15N3S/c1-10-5-4-6-13(7-10)9-19-15-14(8-16)11(2)17-12(3)18-15/h4-7H,9H2,1-3H3. The van der Waals surface area contributed by atoms with Crippen LogP contribution in [-0.4, -0.2) is 9.97 Å². The SMILES string of the molecule is Cc1cccc(CSc2nc(C)nc(C)c2C#N)c1. The highest BCUT2D eigenvalue weighted by Crippen LogP contribution is 2.25. The van der Waals surface area contributed by atoms with Gasteiger partial charge in [-0.3, -0.25) is 0 Å². The molecule has 2 rings (SSSR count). The molecule has 3 nitrogen and oxygen atoms in total. The first-order chi connectivity index (χ1) is 9.10. The van der Waals surface area contributed by atoms with E-state index < -0.39 is 0 Å². The fourth-order valence-electron chi connectivity index (χ4n) is 1.87. The summed E-state index contributed by atoms with van der Waals surface area (Å²) in [5, 5.41) is 9.96. The molecule has 0 aliphatic rings. The van der Waals surface area contributed by atoms with E-state index >= 15 is 0 Å². The van der Waals surface area contributed by atoms with Crippen LogP contribution in [0.1, 0.15) is 28.2 Å². The largest absolute Gasteiger partial charge is 0.237 e. The van der Waals surface area contributed by atoms with Crippen LogP contribution < -0.4 is 0 Å². The van der Waals surface area contributed by atoms with Gasteiger partial charge in [0, 0.05) is 5.75 Å². The molecule has 2 aromatic rings. The number of aromatic nitrogens is 2. The Morgan fingerprint density at radius 3 is 2.68 bits per heavy atom. The zero-order chi connectivity index (χ0) is 13.8. The first-order valence-corrected chi connectivity index (χ1v) is 7.02. The summed E-state index contributed by atoms with van der Waals surface area (Å²) in [7, 11) is 0. The zero-order valence-corrected chi connectivity index (χ0v) is 12.1. The Labute approximate surface area is 117 Å². The molecule has 0 N–H and O–H groups in total. The number of hydrogen-bond acceptors (Lipinski definition) is 4. The van der Waals surface area contributed by atoms with E-state index in [2.05, 4.69) is 41.2 Å². The molecule has 1 heterocycles. The summed E-state index contributed by atoms with van der Waals surface area (Å²) >= 11 is 1.59. The molecule has 19 heavy (non-hydrogen) atoms. The first kappa shape index (κ1) is 13.6. The Morgan fingerprint density at radius 1 is 1.21 bits per heavy atom. The van der Waals surface area contributed by atoms with Crippen LogP contribution in [0.2, 0.25) is 0 Å². The van der Waals surface area contributed by atoms with E-state index in [1.807, 2.05) is 19.9 Å². The normalized spacial score (nSPS) is 10.2. The molecule has 96 valence electrons. The Kier molecular flexibility index (Phi) is 4.18. The Hall–Kier alpha value is -1.86. The van der Waals surface area contributed by atoms with Crippen LogP contribution in [0.3, 0.4) is 0 Å². The van der Waals surface area contributed by atoms with Gasteiger partial charge >= 0.3 is 0 Å². The number of nitriles is 1. The molecule has 0 radical (unpaired) electrons. The third-order valence-electron chi connectivity index (χ3n) is 2.74. The molecule has 0 spiro atoms. The van der Waals surface area contributed by atoms with Crippen LogP contribution in [0.5, 0.6) is 0 Å². The average Bonchev–Trinajstić information content (AvgIpc) is 2.36. The highest BCUT2D eigenvalue weighted by atomic mass is 32.2. The van der Waals surface area contributed by atoms with Gasteiger partial charge in [0.05, 0.1) is 5.69 Å². The van der Waals surface area contributed by atoms with Crippen molar-refractivity contribution in [1.82, 2.24) is 9.97 Å². The van der Waals surface area contributed by atoms with Crippen molar-refractivity contribution in [2.24, 2.45) is 0 Å². The van der Waals surface area contributed by atoms with Crippen LogP contribution in [0, 0.1) is 32.1 Å². The van der Waals surface area contributed by atoms with E-state index in [9.17, 15) is 5.26 Å². The van der Waals surface area contributed by atoms with Crippen molar-refractivity contribution < 1.29 is 0 Å². The molecule has 1 aromatic heterocycles. The summed E-state index contributed by atoms with van der Waals surface area (Å²) in [5.74, 6) is 1.52. The second-order valence-corrected chi connectivity index (χ2v) is 5.39. The summed E-state index contributed by atoms with van der Waals surface area (Å²) < 4.78 is 0. The van der Waals surface area contributed by atoms with Crippen LogP contribution in [0.15, 0.2) is 29.3 Å². The van der Waals surface area contributed by atoms with Crippen molar-refractivity contribution in [3.05, 3.63) is 52.5 Å². The molecule has 0 saturated carbocycles. The molecule has 4 heteroatoms. The quantitative estimate of drug-likeness (QED) is 0.631. The van der Waals surface area contributed by atoms with Crippen LogP contribution in [0.4, 0.5) is 0 Å². The van der Waals surface area contributed by atoms with Crippen LogP contribution >= 0.6 is 11.8 Å². The van der Waals surface area contributed by atoms with Gasteiger partial charge in [-0.2, -0.15) is 5.26 Å². The molecule has 0 saturated heterocycles. The summed E-state index contributed by atoms with van der Waals surface area (Å²) in [6.45, 7) is 5.78. The summed E-state index contributed by atoms with van der Waals surface area (Å²) in [5.41, 5.74) is 3.82. The van der Waals surface area contributed by atoms with Gasteiger partial charge in [0.25, 0.3) is 0 Å².